The van der Waals surface area contributed by atoms with Gasteiger partial charge in [-0.3, -0.25) is 14.9 Å². The molecular weight excluding hydrogens is 399 g/mol. The third kappa shape index (κ3) is 4.48. The molecule has 7 nitrogen and oxygen atoms in total. The van der Waals surface area contributed by atoms with Crippen molar-refractivity contribution in [1.82, 2.24) is 15.1 Å². The largest absolute Gasteiger partial charge is 0.347 e. The topological polar surface area (TPSA) is 90.1 Å². The highest BCUT2D eigenvalue weighted by Crippen LogP contribution is 2.23. The van der Waals surface area contributed by atoms with E-state index in [1.807, 2.05) is 30.3 Å². The smallest absolute Gasteiger partial charge is 0.270 e. The Balaban J connectivity index is 1.67. The number of halogens is 1. The number of hydrogen-bond donors (Lipinski definition) is 1. The lowest BCUT2D eigenvalue weighted by molar-refractivity contribution is -0.384. The second-order valence-electron chi connectivity index (χ2n) is 6.78. The minimum absolute atomic E-state index is 0.0542. The second kappa shape index (κ2) is 8.58. The number of rotatable bonds is 6. The Morgan fingerprint density at radius 3 is 2.32 bits per heavy atom. The van der Waals surface area contributed by atoms with Gasteiger partial charge in [-0.1, -0.05) is 42.5 Å². The van der Waals surface area contributed by atoms with Crippen molar-refractivity contribution >= 4 is 11.6 Å². The summed E-state index contributed by atoms with van der Waals surface area (Å²) in [5, 5.41) is 18.3. The van der Waals surface area contributed by atoms with Crippen LogP contribution in [0.4, 0.5) is 10.1 Å². The Bertz CT molecular complexity index is 1220. The summed E-state index contributed by atoms with van der Waals surface area (Å²) in [5.74, 6) is -0.726. The maximum Gasteiger partial charge on any atom is 0.270 e. The lowest BCUT2D eigenvalue weighted by Gasteiger charge is -2.08. The number of amides is 1. The fourth-order valence-electron chi connectivity index (χ4n) is 3.08. The molecule has 0 spiro atoms. The van der Waals surface area contributed by atoms with E-state index in [-0.39, 0.29) is 29.7 Å². The van der Waals surface area contributed by atoms with Crippen molar-refractivity contribution in [2.45, 2.75) is 6.54 Å². The first-order chi connectivity index (χ1) is 15.0. The molecule has 1 aromatic heterocycles. The van der Waals surface area contributed by atoms with Crippen LogP contribution in [0.1, 0.15) is 16.1 Å². The van der Waals surface area contributed by atoms with Crippen LogP contribution in [0.25, 0.3) is 16.9 Å². The highest BCUT2D eigenvalue weighted by Gasteiger charge is 2.18. The molecule has 0 radical (unpaired) electrons. The van der Waals surface area contributed by atoms with Gasteiger partial charge < -0.3 is 5.32 Å². The molecule has 1 N–H and O–H groups in total. The number of nitro benzene ring substituents is 1. The van der Waals surface area contributed by atoms with Crippen LogP contribution in [0.15, 0.2) is 84.9 Å². The van der Waals surface area contributed by atoms with Crippen molar-refractivity contribution in [3.05, 3.63) is 112 Å². The average molecular weight is 416 g/mol. The number of nitrogens with zero attached hydrogens (tertiary/aromatic N) is 3. The van der Waals surface area contributed by atoms with Crippen LogP contribution >= 0.6 is 0 Å². The standard InChI is InChI=1S/C23H17FN4O3/c24-18-8-6-16(7-9-18)15-25-23(29)22-14-21(17-4-2-1-3-5-17)26-27(22)19-10-12-20(13-11-19)28(30)31/h1-14H,15H2,(H,25,29). The molecule has 0 saturated carbocycles. The molecule has 1 amide bonds. The molecule has 0 aliphatic rings. The number of nitro groups is 1. The number of benzene rings is 3. The first kappa shape index (κ1) is 20.0. The molecule has 0 atom stereocenters. The van der Waals surface area contributed by atoms with Crippen molar-refractivity contribution in [3.8, 4) is 16.9 Å². The predicted octanol–water partition coefficient (Wildman–Crippen LogP) is 4.52. The number of carbonyl (C=O) groups excluding carboxylic acids is 1. The van der Waals surface area contributed by atoms with Gasteiger partial charge in [0.15, 0.2) is 0 Å². The normalized spacial score (nSPS) is 10.6. The van der Waals surface area contributed by atoms with Crippen LogP contribution in [0.5, 0.6) is 0 Å². The summed E-state index contributed by atoms with van der Waals surface area (Å²) in [6.45, 7) is 0.214. The van der Waals surface area contributed by atoms with Gasteiger partial charge in [-0.05, 0) is 35.9 Å². The van der Waals surface area contributed by atoms with Crippen molar-refractivity contribution in [2.75, 3.05) is 0 Å². The Morgan fingerprint density at radius 1 is 1.00 bits per heavy atom. The molecule has 0 unspecified atom stereocenters. The van der Waals surface area contributed by atoms with E-state index in [9.17, 15) is 19.3 Å². The third-order valence-corrected chi connectivity index (χ3v) is 4.68. The molecule has 31 heavy (non-hydrogen) atoms. The predicted molar refractivity (Wildman–Crippen MR) is 113 cm³/mol. The summed E-state index contributed by atoms with van der Waals surface area (Å²) in [5.41, 5.74) is 2.90. The maximum atomic E-state index is 13.1. The van der Waals surface area contributed by atoms with E-state index in [4.69, 9.17) is 0 Å². The Morgan fingerprint density at radius 2 is 1.68 bits per heavy atom. The molecule has 0 fully saturated rings. The zero-order chi connectivity index (χ0) is 21.8. The molecule has 8 heteroatoms. The quantitative estimate of drug-likeness (QED) is 0.370. The highest BCUT2D eigenvalue weighted by molar-refractivity contribution is 5.94. The minimum Gasteiger partial charge on any atom is -0.347 e. The van der Waals surface area contributed by atoms with E-state index < -0.39 is 4.92 Å². The Kier molecular flexibility index (Phi) is 5.53. The zero-order valence-corrected chi connectivity index (χ0v) is 16.2. The van der Waals surface area contributed by atoms with Crippen molar-refractivity contribution < 1.29 is 14.1 Å². The van der Waals surface area contributed by atoms with Gasteiger partial charge in [0.1, 0.15) is 11.5 Å². The average Bonchev–Trinajstić information content (AvgIpc) is 3.25. The molecule has 0 aliphatic heterocycles. The molecular formula is C23H17FN4O3. The SMILES string of the molecule is O=C(NCc1ccc(F)cc1)c1cc(-c2ccccc2)nn1-c1ccc([N+](=O)[O-])cc1. The van der Waals surface area contributed by atoms with Gasteiger partial charge in [-0.15, -0.1) is 0 Å². The van der Waals surface area contributed by atoms with Gasteiger partial charge in [-0.2, -0.15) is 5.10 Å². The van der Waals surface area contributed by atoms with Gasteiger partial charge in [0.05, 0.1) is 16.3 Å². The van der Waals surface area contributed by atoms with E-state index in [0.717, 1.165) is 11.1 Å². The van der Waals surface area contributed by atoms with E-state index in [1.165, 1.54) is 41.1 Å². The number of non-ortho nitro benzene ring substituents is 1. The molecule has 0 bridgehead atoms. The zero-order valence-electron chi connectivity index (χ0n) is 16.2. The Hall–Kier alpha value is -4.33. The van der Waals surface area contributed by atoms with Crippen LogP contribution in [-0.4, -0.2) is 20.6 Å². The van der Waals surface area contributed by atoms with Crippen LogP contribution in [0.2, 0.25) is 0 Å². The minimum atomic E-state index is -0.488. The number of carbonyl (C=O) groups is 1. The monoisotopic (exact) mass is 416 g/mol. The van der Waals surface area contributed by atoms with E-state index >= 15 is 0 Å². The lowest BCUT2D eigenvalue weighted by atomic mass is 10.1. The van der Waals surface area contributed by atoms with Crippen molar-refractivity contribution in [3.63, 3.8) is 0 Å². The molecule has 4 rings (SSSR count). The molecule has 1 heterocycles. The molecule has 4 aromatic rings. The van der Waals surface area contributed by atoms with Crippen LogP contribution in [-0.2, 0) is 6.54 Å². The third-order valence-electron chi connectivity index (χ3n) is 4.68. The first-order valence-corrected chi connectivity index (χ1v) is 9.44. The van der Waals surface area contributed by atoms with Crippen LogP contribution < -0.4 is 5.32 Å². The molecule has 0 aliphatic carbocycles. The van der Waals surface area contributed by atoms with E-state index in [2.05, 4.69) is 10.4 Å². The fourth-order valence-corrected chi connectivity index (χ4v) is 3.08. The number of nitrogens with one attached hydrogen (secondary N) is 1. The van der Waals surface area contributed by atoms with Gasteiger partial charge in [0, 0.05) is 24.2 Å². The molecule has 154 valence electrons. The van der Waals surface area contributed by atoms with Crippen molar-refractivity contribution in [2.24, 2.45) is 0 Å². The van der Waals surface area contributed by atoms with E-state index in [1.54, 1.807) is 18.2 Å². The van der Waals surface area contributed by atoms with Gasteiger partial charge in [-0.25, -0.2) is 9.07 Å². The van der Waals surface area contributed by atoms with Gasteiger partial charge in [0.25, 0.3) is 11.6 Å². The maximum absolute atomic E-state index is 13.1. The summed E-state index contributed by atoms with van der Waals surface area (Å²) >= 11 is 0. The first-order valence-electron chi connectivity index (χ1n) is 9.44. The lowest BCUT2D eigenvalue weighted by Crippen LogP contribution is -2.25. The van der Waals surface area contributed by atoms with E-state index in [0.29, 0.717) is 11.4 Å². The summed E-state index contributed by atoms with van der Waals surface area (Å²) in [6.07, 6.45) is 0. The van der Waals surface area contributed by atoms with Crippen molar-refractivity contribution in [1.29, 1.82) is 0 Å². The van der Waals surface area contributed by atoms with Gasteiger partial charge in [0.2, 0.25) is 0 Å². The summed E-state index contributed by atoms with van der Waals surface area (Å²) in [4.78, 5) is 23.4. The Labute approximate surface area is 176 Å². The van der Waals surface area contributed by atoms with Gasteiger partial charge >= 0.3 is 0 Å². The number of hydrogen-bond acceptors (Lipinski definition) is 4. The molecule has 3 aromatic carbocycles. The second-order valence-corrected chi connectivity index (χ2v) is 6.78. The van der Waals surface area contributed by atoms with Crippen LogP contribution in [0.3, 0.4) is 0 Å². The summed E-state index contributed by atoms with van der Waals surface area (Å²) < 4.78 is 14.5. The van der Waals surface area contributed by atoms with Crippen LogP contribution in [0, 0.1) is 15.9 Å². The summed E-state index contributed by atoms with van der Waals surface area (Å²) in [6, 6.07) is 22.7. The fraction of sp³-hybridized carbons (Fsp3) is 0.0435. The summed E-state index contributed by atoms with van der Waals surface area (Å²) in [7, 11) is 0. The number of aromatic nitrogens is 2. The molecule has 0 saturated heterocycles. The highest BCUT2D eigenvalue weighted by atomic mass is 19.1.